The van der Waals surface area contributed by atoms with Gasteiger partial charge in [-0.2, -0.15) is 0 Å². The molecule has 0 radical (unpaired) electrons. The van der Waals surface area contributed by atoms with Gasteiger partial charge < -0.3 is 10.1 Å². The molecule has 0 saturated carbocycles. The summed E-state index contributed by atoms with van der Waals surface area (Å²) in [6.07, 6.45) is 0. The van der Waals surface area contributed by atoms with E-state index in [-0.39, 0.29) is 17.6 Å². The van der Waals surface area contributed by atoms with Crippen molar-refractivity contribution in [3.63, 3.8) is 0 Å². The molecule has 0 saturated heterocycles. The molecule has 0 amide bonds. The van der Waals surface area contributed by atoms with Crippen molar-refractivity contribution in [1.82, 2.24) is 5.32 Å². The summed E-state index contributed by atoms with van der Waals surface area (Å²) in [4.78, 5) is 0. The van der Waals surface area contributed by atoms with Gasteiger partial charge in [-0.15, -0.1) is 0 Å². The lowest BCUT2D eigenvalue weighted by atomic mass is 10.1. The van der Waals surface area contributed by atoms with Crippen LogP contribution in [0, 0.1) is 9.39 Å². The van der Waals surface area contributed by atoms with Crippen LogP contribution in [0.2, 0.25) is 0 Å². The Bertz CT molecular complexity index is 574. The highest BCUT2D eigenvalue weighted by atomic mass is 127. The first kappa shape index (κ1) is 14.3. The van der Waals surface area contributed by atoms with Crippen molar-refractivity contribution >= 4 is 22.6 Å². The molecule has 2 nitrogen and oxygen atoms in total. The first-order valence-corrected chi connectivity index (χ1v) is 7.09. The van der Waals surface area contributed by atoms with Crippen LogP contribution in [-0.2, 0) is 0 Å². The number of para-hydroxylation sites is 1. The SMILES string of the molecule is CNC(C)c1cccc(F)c1Oc1cccc(I)c1. The van der Waals surface area contributed by atoms with E-state index in [9.17, 15) is 4.39 Å². The normalized spacial score (nSPS) is 12.2. The second-order valence-corrected chi connectivity index (χ2v) is 5.47. The Morgan fingerprint density at radius 3 is 2.63 bits per heavy atom. The molecule has 0 aliphatic rings. The predicted molar refractivity (Wildman–Crippen MR) is 83.1 cm³/mol. The number of benzene rings is 2. The molecule has 2 aromatic carbocycles. The lowest BCUT2D eigenvalue weighted by Gasteiger charge is -2.17. The zero-order valence-corrected chi connectivity index (χ0v) is 12.9. The summed E-state index contributed by atoms with van der Waals surface area (Å²) in [5.74, 6) is 0.575. The number of rotatable bonds is 4. The van der Waals surface area contributed by atoms with E-state index in [0.29, 0.717) is 5.75 Å². The van der Waals surface area contributed by atoms with Gasteiger partial charge in [0.15, 0.2) is 11.6 Å². The van der Waals surface area contributed by atoms with Crippen LogP contribution in [-0.4, -0.2) is 7.05 Å². The van der Waals surface area contributed by atoms with E-state index in [1.165, 1.54) is 6.07 Å². The van der Waals surface area contributed by atoms with E-state index in [0.717, 1.165) is 9.13 Å². The minimum atomic E-state index is -0.349. The minimum Gasteiger partial charge on any atom is -0.454 e. The van der Waals surface area contributed by atoms with Crippen LogP contribution >= 0.6 is 22.6 Å². The number of ether oxygens (including phenoxy) is 1. The third-order valence-corrected chi connectivity index (χ3v) is 3.58. The summed E-state index contributed by atoms with van der Waals surface area (Å²) < 4.78 is 20.8. The largest absolute Gasteiger partial charge is 0.454 e. The molecule has 2 aromatic rings. The maximum absolute atomic E-state index is 14.0. The molecule has 0 spiro atoms. The van der Waals surface area contributed by atoms with Crippen LogP contribution in [0.1, 0.15) is 18.5 Å². The quantitative estimate of drug-likeness (QED) is 0.799. The summed E-state index contributed by atoms with van der Waals surface area (Å²) in [7, 11) is 1.84. The van der Waals surface area contributed by atoms with Gasteiger partial charge in [-0.25, -0.2) is 4.39 Å². The monoisotopic (exact) mass is 371 g/mol. The summed E-state index contributed by atoms with van der Waals surface area (Å²) >= 11 is 2.20. The average molecular weight is 371 g/mol. The lowest BCUT2D eigenvalue weighted by molar-refractivity contribution is 0.428. The zero-order chi connectivity index (χ0) is 13.8. The average Bonchev–Trinajstić information content (AvgIpc) is 2.40. The highest BCUT2D eigenvalue weighted by Gasteiger charge is 2.15. The Labute approximate surface area is 126 Å². The molecule has 1 N–H and O–H groups in total. The fraction of sp³-hybridized carbons (Fsp3) is 0.200. The molecule has 1 unspecified atom stereocenters. The Hall–Kier alpha value is -1.14. The fourth-order valence-corrected chi connectivity index (χ4v) is 2.29. The molecule has 2 rings (SSSR count). The van der Waals surface area contributed by atoms with Crippen LogP contribution in [0.25, 0.3) is 0 Å². The maximum atomic E-state index is 14.0. The molecule has 0 aliphatic heterocycles. The van der Waals surface area contributed by atoms with Crippen molar-refractivity contribution in [2.45, 2.75) is 13.0 Å². The van der Waals surface area contributed by atoms with Crippen LogP contribution in [0.15, 0.2) is 42.5 Å². The van der Waals surface area contributed by atoms with Gasteiger partial charge in [0.05, 0.1) is 0 Å². The number of nitrogens with one attached hydrogen (secondary N) is 1. The van der Waals surface area contributed by atoms with Gasteiger partial charge in [-0.05, 0) is 60.8 Å². The topological polar surface area (TPSA) is 21.3 Å². The highest BCUT2D eigenvalue weighted by Crippen LogP contribution is 2.32. The molecule has 19 heavy (non-hydrogen) atoms. The first-order valence-electron chi connectivity index (χ1n) is 6.01. The fourth-order valence-electron chi connectivity index (χ4n) is 1.78. The van der Waals surface area contributed by atoms with E-state index in [1.807, 2.05) is 44.3 Å². The summed E-state index contributed by atoms with van der Waals surface area (Å²) in [6, 6.07) is 12.5. The molecule has 0 aliphatic carbocycles. The lowest BCUT2D eigenvalue weighted by Crippen LogP contribution is -2.13. The van der Waals surface area contributed by atoms with Gasteiger partial charge in [0.1, 0.15) is 5.75 Å². The van der Waals surface area contributed by atoms with Crippen molar-refractivity contribution in [3.8, 4) is 11.5 Å². The van der Waals surface area contributed by atoms with E-state index in [4.69, 9.17) is 4.74 Å². The molecule has 1 atom stereocenters. The van der Waals surface area contributed by atoms with Crippen molar-refractivity contribution in [2.24, 2.45) is 0 Å². The smallest absolute Gasteiger partial charge is 0.167 e. The van der Waals surface area contributed by atoms with E-state index < -0.39 is 0 Å². The molecule has 0 heterocycles. The molecule has 0 bridgehead atoms. The number of hydrogen-bond donors (Lipinski definition) is 1. The maximum Gasteiger partial charge on any atom is 0.167 e. The van der Waals surface area contributed by atoms with E-state index in [2.05, 4.69) is 27.9 Å². The minimum absolute atomic E-state index is 0.0217. The standard InChI is InChI=1S/C15H15FINO/c1-10(18-2)13-7-4-8-14(16)15(13)19-12-6-3-5-11(17)9-12/h3-10,18H,1-2H3. The Kier molecular flexibility index (Phi) is 4.76. The highest BCUT2D eigenvalue weighted by molar-refractivity contribution is 14.1. The molecule has 0 fully saturated rings. The second kappa shape index (κ2) is 6.34. The molecular weight excluding hydrogens is 356 g/mol. The van der Waals surface area contributed by atoms with Gasteiger partial charge in [0, 0.05) is 15.2 Å². The van der Waals surface area contributed by atoms with Gasteiger partial charge in [0.2, 0.25) is 0 Å². The summed E-state index contributed by atoms with van der Waals surface area (Å²) in [5, 5.41) is 3.10. The summed E-state index contributed by atoms with van der Waals surface area (Å²) in [6.45, 7) is 1.97. The van der Waals surface area contributed by atoms with Crippen molar-refractivity contribution in [1.29, 1.82) is 0 Å². The second-order valence-electron chi connectivity index (χ2n) is 4.23. The van der Waals surface area contributed by atoms with Crippen molar-refractivity contribution in [3.05, 3.63) is 57.4 Å². The third-order valence-electron chi connectivity index (χ3n) is 2.91. The Balaban J connectivity index is 2.38. The zero-order valence-electron chi connectivity index (χ0n) is 10.8. The Morgan fingerprint density at radius 2 is 1.95 bits per heavy atom. The molecule has 0 aromatic heterocycles. The van der Waals surface area contributed by atoms with Gasteiger partial charge >= 0.3 is 0 Å². The van der Waals surface area contributed by atoms with E-state index in [1.54, 1.807) is 6.07 Å². The van der Waals surface area contributed by atoms with Crippen LogP contribution in [0.3, 0.4) is 0 Å². The molecule has 4 heteroatoms. The van der Waals surface area contributed by atoms with Crippen molar-refractivity contribution < 1.29 is 9.13 Å². The third kappa shape index (κ3) is 3.45. The van der Waals surface area contributed by atoms with Gasteiger partial charge in [-0.1, -0.05) is 18.2 Å². The Morgan fingerprint density at radius 1 is 1.21 bits per heavy atom. The summed E-state index contributed by atoms with van der Waals surface area (Å²) in [5.41, 5.74) is 0.807. The van der Waals surface area contributed by atoms with Gasteiger partial charge in [0.25, 0.3) is 0 Å². The van der Waals surface area contributed by atoms with E-state index >= 15 is 0 Å². The molecule has 100 valence electrons. The number of hydrogen-bond acceptors (Lipinski definition) is 2. The van der Waals surface area contributed by atoms with Crippen LogP contribution in [0.4, 0.5) is 4.39 Å². The van der Waals surface area contributed by atoms with Crippen LogP contribution in [0.5, 0.6) is 11.5 Å². The van der Waals surface area contributed by atoms with Gasteiger partial charge in [-0.3, -0.25) is 0 Å². The predicted octanol–water partition coefficient (Wildman–Crippen LogP) is 4.50. The molecular formula is C15H15FINO. The first-order chi connectivity index (χ1) is 9.11. The van der Waals surface area contributed by atoms with Crippen LogP contribution < -0.4 is 10.1 Å². The number of halogens is 2. The van der Waals surface area contributed by atoms with Crippen molar-refractivity contribution in [2.75, 3.05) is 7.05 Å².